The Balaban J connectivity index is 0.00000387. The van der Waals surface area contributed by atoms with Crippen LogP contribution in [0.25, 0.3) is 0 Å². The number of alkyl halides is 2. The van der Waals surface area contributed by atoms with Crippen molar-refractivity contribution in [1.82, 2.24) is 10.3 Å². The highest BCUT2D eigenvalue weighted by Gasteiger charge is 2.48. The molecular weight excluding hydrogens is 559 g/mol. The van der Waals surface area contributed by atoms with Crippen molar-refractivity contribution in [3.05, 3.63) is 83.1 Å². The van der Waals surface area contributed by atoms with Gasteiger partial charge >= 0.3 is 0 Å². The number of hydrogen-bond acceptors (Lipinski definition) is 5. The molecule has 216 valence electrons. The van der Waals surface area contributed by atoms with Gasteiger partial charge in [-0.25, -0.2) is 18.2 Å². The summed E-state index contributed by atoms with van der Waals surface area (Å²) in [5.41, 5.74) is 6.03. The van der Waals surface area contributed by atoms with Crippen LogP contribution in [0.4, 0.5) is 30.5 Å². The van der Waals surface area contributed by atoms with Crippen molar-refractivity contribution < 1.29 is 27.6 Å². The van der Waals surface area contributed by atoms with E-state index in [0.717, 1.165) is 11.0 Å². The number of nitrogens with two attached hydrogens (primary N) is 1. The van der Waals surface area contributed by atoms with Gasteiger partial charge < -0.3 is 11.1 Å². The average Bonchev–Trinajstić information content (AvgIpc) is 3.27. The molecule has 2 fully saturated rings. The lowest BCUT2D eigenvalue weighted by Crippen LogP contribution is -2.56. The van der Waals surface area contributed by atoms with Gasteiger partial charge in [-0.2, -0.15) is 0 Å². The Bertz CT molecular complexity index is 1460. The van der Waals surface area contributed by atoms with E-state index in [0.29, 0.717) is 0 Å². The second-order valence-corrected chi connectivity index (χ2v) is 10.2. The van der Waals surface area contributed by atoms with Crippen molar-refractivity contribution in [3.63, 3.8) is 0 Å². The summed E-state index contributed by atoms with van der Waals surface area (Å²) in [6, 6.07) is 12.6. The molecule has 1 aliphatic carbocycles. The molecule has 41 heavy (non-hydrogen) atoms. The zero-order valence-corrected chi connectivity index (χ0v) is 21.8. The Labute approximate surface area is 240 Å². The monoisotopic (exact) mass is 587 g/mol. The fourth-order valence-electron chi connectivity index (χ4n) is 5.11. The SMILES string of the molecule is C.Nc1cccc(N2C(=O)CC[C@H]2C(=O)N(c2cccc(F)c2)[C@@H](C(=O)NC2CC(F)(F)C2)c2ccccc2Cl)n1. The van der Waals surface area contributed by atoms with Gasteiger partial charge in [0.25, 0.3) is 11.8 Å². The van der Waals surface area contributed by atoms with Crippen molar-refractivity contribution in [2.24, 2.45) is 0 Å². The molecule has 0 unspecified atom stereocenters. The number of nitrogens with zero attached hydrogens (tertiary/aromatic N) is 3. The molecule has 1 saturated heterocycles. The van der Waals surface area contributed by atoms with Crippen LogP contribution in [0.5, 0.6) is 0 Å². The fraction of sp³-hybridized carbons (Fsp3) is 0.310. The summed E-state index contributed by atoms with van der Waals surface area (Å²) in [5, 5.41) is 2.72. The molecule has 1 aromatic heterocycles. The molecule has 5 rings (SSSR count). The van der Waals surface area contributed by atoms with Crippen molar-refractivity contribution in [2.75, 3.05) is 15.5 Å². The number of nitrogens with one attached hydrogen (secondary N) is 1. The quantitative estimate of drug-likeness (QED) is 0.391. The van der Waals surface area contributed by atoms with Crippen molar-refractivity contribution in [3.8, 4) is 0 Å². The maximum absolute atomic E-state index is 14.5. The van der Waals surface area contributed by atoms with Crippen LogP contribution in [0.15, 0.2) is 66.7 Å². The molecule has 2 heterocycles. The molecule has 2 aromatic carbocycles. The first-order chi connectivity index (χ1) is 19.0. The minimum atomic E-state index is -2.90. The molecule has 2 aliphatic rings. The largest absolute Gasteiger partial charge is 0.384 e. The predicted octanol–water partition coefficient (Wildman–Crippen LogP) is 5.28. The van der Waals surface area contributed by atoms with E-state index in [1.54, 1.807) is 18.2 Å². The Morgan fingerprint density at radius 1 is 1.10 bits per heavy atom. The van der Waals surface area contributed by atoms with E-state index in [1.165, 1.54) is 47.4 Å². The second-order valence-electron chi connectivity index (χ2n) is 9.82. The van der Waals surface area contributed by atoms with E-state index in [9.17, 15) is 27.6 Å². The number of nitrogen functional groups attached to an aromatic ring is 1. The third kappa shape index (κ3) is 6.14. The molecule has 3 amide bonds. The summed E-state index contributed by atoms with van der Waals surface area (Å²) >= 11 is 6.48. The topological polar surface area (TPSA) is 109 Å². The minimum absolute atomic E-state index is 0. The lowest BCUT2D eigenvalue weighted by atomic mass is 9.87. The van der Waals surface area contributed by atoms with Crippen LogP contribution in [0.1, 0.15) is 44.7 Å². The van der Waals surface area contributed by atoms with Gasteiger partial charge in [-0.05, 0) is 42.8 Å². The van der Waals surface area contributed by atoms with E-state index in [-0.39, 0.29) is 54.1 Å². The van der Waals surface area contributed by atoms with E-state index in [1.807, 2.05) is 0 Å². The Morgan fingerprint density at radius 2 is 1.80 bits per heavy atom. The number of aromatic nitrogens is 1. The lowest BCUT2D eigenvalue weighted by molar-refractivity contribution is -0.133. The van der Waals surface area contributed by atoms with Crippen molar-refractivity contribution in [2.45, 2.75) is 57.2 Å². The van der Waals surface area contributed by atoms with Gasteiger partial charge in [-0.15, -0.1) is 0 Å². The third-order valence-corrected chi connectivity index (χ3v) is 7.31. The smallest absolute Gasteiger partial charge is 0.252 e. The van der Waals surface area contributed by atoms with Gasteiger partial charge in [0.15, 0.2) is 0 Å². The number of carbonyl (C=O) groups is 3. The number of amides is 3. The van der Waals surface area contributed by atoms with Gasteiger partial charge in [-0.3, -0.25) is 24.2 Å². The molecular formula is C29H29ClF3N5O3. The Kier molecular flexibility index (Phi) is 8.58. The highest BCUT2D eigenvalue weighted by atomic mass is 35.5. The van der Waals surface area contributed by atoms with E-state index < -0.39 is 54.5 Å². The molecule has 0 bridgehead atoms. The number of halogens is 4. The molecule has 8 nitrogen and oxygen atoms in total. The van der Waals surface area contributed by atoms with Gasteiger partial charge in [-0.1, -0.05) is 49.4 Å². The van der Waals surface area contributed by atoms with E-state index in [2.05, 4.69) is 10.3 Å². The summed E-state index contributed by atoms with van der Waals surface area (Å²) in [4.78, 5) is 47.6. The standard InChI is InChI=1S/C28H25ClF3N5O3.CH4/c29-20-8-2-1-7-19(20)25(26(39)34-17-14-28(31,32)15-17)36(18-6-3-5-16(30)13-18)27(40)21-11-12-24(38)37(21)23-10-4-9-22(33)35-23;/h1-10,13,17,21,25H,11-12,14-15H2,(H2,33,35)(H,34,39);1H4/t21-,25+;/m0./s1. The first kappa shape index (κ1) is 29.9. The molecule has 0 radical (unpaired) electrons. The van der Waals surface area contributed by atoms with E-state index >= 15 is 0 Å². The van der Waals surface area contributed by atoms with Crippen LogP contribution < -0.4 is 20.9 Å². The molecule has 1 saturated carbocycles. The summed E-state index contributed by atoms with van der Waals surface area (Å²) in [5.74, 6) is -5.16. The first-order valence-corrected chi connectivity index (χ1v) is 13.0. The summed E-state index contributed by atoms with van der Waals surface area (Å²) < 4.78 is 41.6. The molecule has 0 spiro atoms. The molecule has 3 N–H and O–H groups in total. The van der Waals surface area contributed by atoms with Crippen LogP contribution in [-0.4, -0.2) is 40.7 Å². The lowest BCUT2D eigenvalue weighted by Gasteiger charge is -2.39. The van der Waals surface area contributed by atoms with Crippen LogP contribution in [0.2, 0.25) is 5.02 Å². The van der Waals surface area contributed by atoms with Crippen LogP contribution in [0.3, 0.4) is 0 Å². The molecule has 12 heteroatoms. The Hall–Kier alpha value is -4.12. The van der Waals surface area contributed by atoms with Crippen molar-refractivity contribution >= 4 is 46.6 Å². The number of benzene rings is 2. The maximum Gasteiger partial charge on any atom is 0.252 e. The number of carbonyl (C=O) groups excluding carboxylic acids is 3. The number of anilines is 3. The number of pyridine rings is 1. The summed E-state index contributed by atoms with van der Waals surface area (Å²) in [6.45, 7) is 0. The zero-order valence-electron chi connectivity index (χ0n) is 21.1. The minimum Gasteiger partial charge on any atom is -0.384 e. The van der Waals surface area contributed by atoms with Gasteiger partial charge in [0.1, 0.15) is 29.5 Å². The average molecular weight is 588 g/mol. The Morgan fingerprint density at radius 3 is 2.46 bits per heavy atom. The van der Waals surface area contributed by atoms with Crippen LogP contribution in [-0.2, 0) is 14.4 Å². The van der Waals surface area contributed by atoms with Crippen LogP contribution >= 0.6 is 11.6 Å². The highest BCUT2D eigenvalue weighted by Crippen LogP contribution is 2.39. The molecule has 1 aliphatic heterocycles. The van der Waals surface area contributed by atoms with Crippen molar-refractivity contribution in [1.29, 1.82) is 0 Å². The van der Waals surface area contributed by atoms with Gasteiger partial charge in [0.05, 0.1) is 0 Å². The second kappa shape index (κ2) is 11.8. The maximum atomic E-state index is 14.5. The number of rotatable bonds is 7. The normalized spacial score (nSPS) is 18.7. The summed E-state index contributed by atoms with van der Waals surface area (Å²) in [6.07, 6.45) is -0.989. The summed E-state index contributed by atoms with van der Waals surface area (Å²) in [7, 11) is 0. The predicted molar refractivity (Wildman–Crippen MR) is 150 cm³/mol. The van der Waals surface area contributed by atoms with Gasteiger partial charge in [0.2, 0.25) is 11.8 Å². The van der Waals surface area contributed by atoms with E-state index in [4.69, 9.17) is 17.3 Å². The first-order valence-electron chi connectivity index (χ1n) is 12.6. The fourth-order valence-corrected chi connectivity index (χ4v) is 5.35. The third-order valence-electron chi connectivity index (χ3n) is 6.97. The van der Waals surface area contributed by atoms with Crippen LogP contribution in [0, 0.1) is 5.82 Å². The molecule has 2 atom stereocenters. The highest BCUT2D eigenvalue weighted by molar-refractivity contribution is 6.31. The van der Waals surface area contributed by atoms with Gasteiger partial charge in [0, 0.05) is 41.6 Å². The number of hydrogen-bond donors (Lipinski definition) is 2. The zero-order chi connectivity index (χ0) is 28.6. The molecule has 3 aromatic rings.